The largest absolute Gasteiger partial charge is 0.493 e. The zero-order valence-corrected chi connectivity index (χ0v) is 11.8. The van der Waals surface area contributed by atoms with Crippen LogP contribution in [0.3, 0.4) is 0 Å². The van der Waals surface area contributed by atoms with Gasteiger partial charge in [-0.05, 0) is 23.8 Å². The maximum Gasteiger partial charge on any atom is 0.326 e. The predicted molar refractivity (Wildman–Crippen MR) is 77.0 cm³/mol. The third-order valence-electron chi connectivity index (χ3n) is 2.58. The first-order valence-corrected chi connectivity index (χ1v) is 6.20. The van der Waals surface area contributed by atoms with Crippen LogP contribution in [0.5, 0.6) is 11.5 Å². The summed E-state index contributed by atoms with van der Waals surface area (Å²) in [6.45, 7) is 0.0506. The van der Waals surface area contributed by atoms with Crippen LogP contribution in [0.1, 0.15) is 5.56 Å². The molecule has 0 aromatic heterocycles. The van der Waals surface area contributed by atoms with Crippen LogP contribution in [0.4, 0.5) is 4.79 Å². The van der Waals surface area contributed by atoms with Crippen molar-refractivity contribution in [3.63, 3.8) is 0 Å². The third kappa shape index (κ3) is 3.27. The molecular weight excluding hydrogens is 296 g/mol. The smallest absolute Gasteiger partial charge is 0.326 e. The molecule has 6 nitrogen and oxygen atoms in total. The molecule has 1 aromatic carbocycles. The molecule has 1 aliphatic heterocycles. The van der Waals surface area contributed by atoms with Gasteiger partial charge in [0.1, 0.15) is 12.3 Å². The first-order chi connectivity index (χ1) is 10.0. The number of halogens is 1. The van der Waals surface area contributed by atoms with Gasteiger partial charge in [0.25, 0.3) is 5.91 Å². The topological polar surface area (TPSA) is 76.7 Å². The number of ether oxygens (including phenoxy) is 2. The number of carbonyl (C=O) groups is 2. The van der Waals surface area contributed by atoms with Crippen molar-refractivity contribution in [1.29, 1.82) is 0 Å². The quantitative estimate of drug-likeness (QED) is 0.502. The Balaban J connectivity index is 2.37. The first-order valence-electron chi connectivity index (χ1n) is 5.83. The van der Waals surface area contributed by atoms with Gasteiger partial charge in [0.05, 0.1) is 12.1 Å². The lowest BCUT2D eigenvalue weighted by Crippen LogP contribution is -2.22. The fourth-order valence-corrected chi connectivity index (χ4v) is 2.00. The molecule has 1 saturated heterocycles. The number of urea groups is 1. The molecule has 0 bridgehead atoms. The van der Waals surface area contributed by atoms with Gasteiger partial charge in [-0.3, -0.25) is 10.1 Å². The van der Waals surface area contributed by atoms with Crippen LogP contribution in [-0.2, 0) is 4.79 Å². The molecule has 1 heterocycles. The fraction of sp³-hybridized carbons (Fsp3) is 0.143. The second kappa shape index (κ2) is 6.20. The van der Waals surface area contributed by atoms with Crippen molar-refractivity contribution in [3.05, 3.63) is 28.4 Å². The molecule has 0 radical (unpaired) electrons. The Labute approximate surface area is 126 Å². The highest BCUT2D eigenvalue weighted by Gasteiger charge is 2.23. The third-order valence-corrected chi connectivity index (χ3v) is 2.86. The fourth-order valence-electron chi connectivity index (χ4n) is 1.73. The summed E-state index contributed by atoms with van der Waals surface area (Å²) >= 11 is 6.11. The van der Waals surface area contributed by atoms with Crippen LogP contribution in [-0.4, -0.2) is 25.7 Å². The van der Waals surface area contributed by atoms with Crippen molar-refractivity contribution in [2.75, 3.05) is 13.7 Å². The summed E-state index contributed by atoms with van der Waals surface area (Å²) in [7, 11) is 1.45. The molecule has 0 unspecified atom stereocenters. The Morgan fingerprint density at radius 2 is 2.14 bits per heavy atom. The highest BCUT2D eigenvalue weighted by Crippen LogP contribution is 2.36. The number of imide groups is 1. The number of nitrogens with one attached hydrogen (secondary N) is 2. The van der Waals surface area contributed by atoms with Crippen LogP contribution in [0.2, 0.25) is 5.02 Å². The lowest BCUT2D eigenvalue weighted by atomic mass is 10.1. The Kier molecular flexibility index (Phi) is 4.36. The van der Waals surface area contributed by atoms with Crippen LogP contribution >= 0.6 is 11.6 Å². The van der Waals surface area contributed by atoms with E-state index in [-0.39, 0.29) is 17.3 Å². The summed E-state index contributed by atoms with van der Waals surface area (Å²) < 4.78 is 10.5. The van der Waals surface area contributed by atoms with Crippen molar-refractivity contribution in [3.8, 4) is 23.8 Å². The molecule has 1 aliphatic rings. The standard InChI is InChI=1S/C14H11ClN2O4/c1-3-4-21-12-9(15)5-8(7-11(12)20-2)6-10-13(18)17-14(19)16-10/h1,5-7H,4H2,2H3,(H2,16,17,18,19). The van der Waals surface area contributed by atoms with Crippen molar-refractivity contribution in [2.45, 2.75) is 0 Å². The summed E-state index contributed by atoms with van der Waals surface area (Å²) in [5.41, 5.74) is 0.688. The Morgan fingerprint density at radius 3 is 2.71 bits per heavy atom. The highest BCUT2D eigenvalue weighted by molar-refractivity contribution is 6.32. The number of hydrogen-bond acceptors (Lipinski definition) is 4. The van der Waals surface area contributed by atoms with Crippen LogP contribution in [0.15, 0.2) is 17.8 Å². The molecule has 0 saturated carbocycles. The second-order valence-corrected chi connectivity index (χ2v) is 4.40. The SMILES string of the molecule is C#CCOc1c(Cl)cc(C=C2NC(=O)NC2=O)cc1OC. The zero-order chi connectivity index (χ0) is 15.4. The van der Waals surface area contributed by atoms with E-state index in [0.717, 1.165) is 0 Å². The molecule has 2 rings (SSSR count). The van der Waals surface area contributed by atoms with Crippen molar-refractivity contribution < 1.29 is 19.1 Å². The van der Waals surface area contributed by atoms with Crippen LogP contribution in [0, 0.1) is 12.3 Å². The lowest BCUT2D eigenvalue weighted by molar-refractivity contribution is -0.115. The normalized spacial score (nSPS) is 15.4. The van der Waals surface area contributed by atoms with E-state index in [1.54, 1.807) is 12.1 Å². The minimum Gasteiger partial charge on any atom is -0.493 e. The van der Waals surface area contributed by atoms with Gasteiger partial charge in [-0.15, -0.1) is 6.42 Å². The van der Waals surface area contributed by atoms with E-state index in [0.29, 0.717) is 17.1 Å². The van der Waals surface area contributed by atoms with Gasteiger partial charge in [0, 0.05) is 0 Å². The van der Waals surface area contributed by atoms with E-state index in [9.17, 15) is 9.59 Å². The minimum atomic E-state index is -0.571. The van der Waals surface area contributed by atoms with Gasteiger partial charge in [-0.1, -0.05) is 17.5 Å². The number of terminal acetylenes is 1. The molecule has 1 fully saturated rings. The minimum absolute atomic E-state index is 0.0506. The van der Waals surface area contributed by atoms with Crippen molar-refractivity contribution in [2.24, 2.45) is 0 Å². The molecular formula is C14H11ClN2O4. The number of hydrogen-bond donors (Lipinski definition) is 2. The van der Waals surface area contributed by atoms with Gasteiger partial charge < -0.3 is 14.8 Å². The molecule has 21 heavy (non-hydrogen) atoms. The second-order valence-electron chi connectivity index (χ2n) is 3.99. The summed E-state index contributed by atoms with van der Waals surface area (Å²) in [5.74, 6) is 2.51. The number of carbonyl (C=O) groups excluding carboxylic acids is 2. The lowest BCUT2D eigenvalue weighted by Gasteiger charge is -2.11. The molecule has 2 N–H and O–H groups in total. The van der Waals surface area contributed by atoms with Gasteiger partial charge in [-0.25, -0.2) is 4.79 Å². The van der Waals surface area contributed by atoms with Gasteiger partial charge in [-0.2, -0.15) is 0 Å². The van der Waals surface area contributed by atoms with Gasteiger partial charge in [0.2, 0.25) is 0 Å². The molecule has 3 amide bonds. The maximum absolute atomic E-state index is 11.5. The number of benzene rings is 1. The summed E-state index contributed by atoms with van der Waals surface area (Å²) in [4.78, 5) is 22.5. The number of rotatable bonds is 4. The summed E-state index contributed by atoms with van der Waals surface area (Å²) in [6.07, 6.45) is 6.60. The molecule has 0 spiro atoms. The van der Waals surface area contributed by atoms with E-state index in [1.807, 2.05) is 0 Å². The van der Waals surface area contributed by atoms with Crippen LogP contribution < -0.4 is 20.1 Å². The molecule has 108 valence electrons. The van der Waals surface area contributed by atoms with E-state index < -0.39 is 11.9 Å². The van der Waals surface area contributed by atoms with E-state index in [4.69, 9.17) is 27.5 Å². The maximum atomic E-state index is 11.5. The molecule has 1 aromatic rings. The Hall–Kier alpha value is -2.65. The van der Waals surface area contributed by atoms with Crippen LogP contribution in [0.25, 0.3) is 6.08 Å². The van der Waals surface area contributed by atoms with Crippen molar-refractivity contribution in [1.82, 2.24) is 10.6 Å². The summed E-state index contributed by atoms with van der Waals surface area (Å²) in [5, 5.41) is 4.76. The highest BCUT2D eigenvalue weighted by atomic mass is 35.5. The van der Waals surface area contributed by atoms with Gasteiger partial charge in [0.15, 0.2) is 11.5 Å². The van der Waals surface area contributed by atoms with E-state index in [1.165, 1.54) is 13.2 Å². The number of amides is 3. The Morgan fingerprint density at radius 1 is 1.38 bits per heavy atom. The monoisotopic (exact) mass is 306 g/mol. The molecule has 0 atom stereocenters. The summed E-state index contributed by atoms with van der Waals surface area (Å²) in [6, 6.07) is 2.61. The van der Waals surface area contributed by atoms with E-state index in [2.05, 4.69) is 16.6 Å². The first kappa shape index (κ1) is 14.8. The van der Waals surface area contributed by atoms with E-state index >= 15 is 0 Å². The van der Waals surface area contributed by atoms with Gasteiger partial charge >= 0.3 is 6.03 Å². The average molecular weight is 307 g/mol. The molecule has 7 heteroatoms. The Bertz CT molecular complexity index is 676. The van der Waals surface area contributed by atoms with Crippen molar-refractivity contribution >= 4 is 29.6 Å². The predicted octanol–water partition coefficient (Wildman–Crippen LogP) is 1.54. The number of methoxy groups -OCH3 is 1. The zero-order valence-electron chi connectivity index (χ0n) is 11.0. The average Bonchev–Trinajstić information content (AvgIpc) is 2.75. The molecule has 0 aliphatic carbocycles.